The number of carbonyl (C=O) groups excluding carboxylic acids is 1. The minimum Gasteiger partial charge on any atom is -0.495 e. The van der Waals surface area contributed by atoms with Gasteiger partial charge < -0.3 is 9.47 Å². The molecule has 0 aliphatic rings. The maximum atomic E-state index is 13.0. The van der Waals surface area contributed by atoms with Gasteiger partial charge in [0.2, 0.25) is 0 Å². The van der Waals surface area contributed by atoms with E-state index in [1.54, 1.807) is 42.2 Å². The fourth-order valence-corrected chi connectivity index (χ4v) is 2.96. The molecule has 8 heteroatoms. The minimum absolute atomic E-state index is 0.113. The Labute approximate surface area is 167 Å². The summed E-state index contributed by atoms with van der Waals surface area (Å²) in [6.07, 6.45) is 7.37. The molecule has 0 saturated heterocycles. The van der Waals surface area contributed by atoms with Crippen molar-refractivity contribution in [1.82, 2.24) is 24.6 Å². The van der Waals surface area contributed by atoms with Gasteiger partial charge in [0.05, 0.1) is 37.7 Å². The van der Waals surface area contributed by atoms with Crippen LogP contribution in [0, 0.1) is 0 Å². The van der Waals surface area contributed by atoms with Crippen molar-refractivity contribution in [3.05, 3.63) is 72.2 Å². The lowest BCUT2D eigenvalue weighted by molar-refractivity contribution is 0.0992. The van der Waals surface area contributed by atoms with Gasteiger partial charge in [-0.3, -0.25) is 19.2 Å². The lowest BCUT2D eigenvalue weighted by atomic mass is 10.1. The van der Waals surface area contributed by atoms with E-state index in [2.05, 4.69) is 20.2 Å². The number of ketones is 1. The zero-order valence-electron chi connectivity index (χ0n) is 16.1. The number of hydrogen-bond donors (Lipinski definition) is 0. The summed E-state index contributed by atoms with van der Waals surface area (Å²) in [4.78, 5) is 21.6. The van der Waals surface area contributed by atoms with Crippen LogP contribution in [0.5, 0.6) is 17.2 Å². The van der Waals surface area contributed by atoms with E-state index in [0.29, 0.717) is 28.5 Å². The van der Waals surface area contributed by atoms with Gasteiger partial charge >= 0.3 is 0 Å². The van der Waals surface area contributed by atoms with E-state index >= 15 is 0 Å². The molecule has 146 valence electrons. The van der Waals surface area contributed by atoms with E-state index in [0.717, 1.165) is 17.8 Å². The first-order valence-electron chi connectivity index (χ1n) is 9.14. The average Bonchev–Trinajstić information content (AvgIpc) is 3.22. The number of nitrogens with zero attached hydrogens (tertiary/aromatic N) is 5. The Kier molecular flexibility index (Phi) is 5.15. The second-order valence-corrected chi connectivity index (χ2v) is 6.39. The molecule has 4 heterocycles. The van der Waals surface area contributed by atoms with Crippen molar-refractivity contribution in [2.75, 3.05) is 7.11 Å². The molecule has 0 radical (unpaired) electrons. The molecule has 0 unspecified atom stereocenters. The van der Waals surface area contributed by atoms with Crippen LogP contribution in [-0.2, 0) is 12.8 Å². The number of Topliss-reactive ketones (excluding diaryl/α,β-unsaturated/α-hetero) is 1. The number of hydrogen-bond acceptors (Lipinski definition) is 7. The SMILES string of the molecule is CCc1cccc(CC(=O)c2cc(Oc3cncc(OC)c3)cn3cnnc23)n1. The van der Waals surface area contributed by atoms with Gasteiger partial charge in [-0.2, -0.15) is 0 Å². The fraction of sp³-hybridized carbons (Fsp3) is 0.190. The van der Waals surface area contributed by atoms with Gasteiger partial charge in [0.25, 0.3) is 0 Å². The topological polar surface area (TPSA) is 91.5 Å². The summed E-state index contributed by atoms with van der Waals surface area (Å²) >= 11 is 0. The Bertz CT molecular complexity index is 1170. The van der Waals surface area contributed by atoms with Gasteiger partial charge in [-0.1, -0.05) is 13.0 Å². The quantitative estimate of drug-likeness (QED) is 0.448. The lowest BCUT2D eigenvalue weighted by Gasteiger charge is -2.10. The van der Waals surface area contributed by atoms with Crippen LogP contribution >= 0.6 is 0 Å². The van der Waals surface area contributed by atoms with Crippen molar-refractivity contribution in [1.29, 1.82) is 0 Å². The van der Waals surface area contributed by atoms with Crippen LogP contribution in [0.25, 0.3) is 5.65 Å². The van der Waals surface area contributed by atoms with Crippen LogP contribution in [0.4, 0.5) is 0 Å². The van der Waals surface area contributed by atoms with Gasteiger partial charge in [0.15, 0.2) is 11.4 Å². The Morgan fingerprint density at radius 1 is 1.10 bits per heavy atom. The molecule has 0 N–H and O–H groups in total. The van der Waals surface area contributed by atoms with E-state index in [4.69, 9.17) is 9.47 Å². The highest BCUT2D eigenvalue weighted by atomic mass is 16.5. The van der Waals surface area contributed by atoms with E-state index in [9.17, 15) is 4.79 Å². The Balaban J connectivity index is 1.66. The third-order valence-electron chi connectivity index (χ3n) is 4.40. The van der Waals surface area contributed by atoms with E-state index in [1.807, 2.05) is 25.1 Å². The molecule has 29 heavy (non-hydrogen) atoms. The lowest BCUT2D eigenvalue weighted by Crippen LogP contribution is -2.08. The number of aryl methyl sites for hydroxylation is 1. The summed E-state index contributed by atoms with van der Waals surface area (Å²) in [5.74, 6) is 1.42. The third kappa shape index (κ3) is 4.06. The fourth-order valence-electron chi connectivity index (χ4n) is 2.96. The Morgan fingerprint density at radius 2 is 1.93 bits per heavy atom. The first-order chi connectivity index (χ1) is 14.2. The molecule has 4 aromatic rings. The van der Waals surface area contributed by atoms with Crippen molar-refractivity contribution in [2.24, 2.45) is 0 Å². The summed E-state index contributed by atoms with van der Waals surface area (Å²) in [5, 5.41) is 7.99. The highest BCUT2D eigenvalue weighted by Crippen LogP contribution is 2.26. The largest absolute Gasteiger partial charge is 0.495 e. The zero-order chi connectivity index (χ0) is 20.2. The predicted molar refractivity (Wildman–Crippen MR) is 105 cm³/mol. The molecular formula is C21H19N5O3. The zero-order valence-corrected chi connectivity index (χ0v) is 16.1. The van der Waals surface area contributed by atoms with Gasteiger partial charge in [0.1, 0.15) is 23.6 Å². The molecular weight excluding hydrogens is 370 g/mol. The second-order valence-electron chi connectivity index (χ2n) is 6.39. The van der Waals surface area contributed by atoms with E-state index < -0.39 is 0 Å². The summed E-state index contributed by atoms with van der Waals surface area (Å²) in [6, 6.07) is 9.08. The van der Waals surface area contributed by atoms with Crippen molar-refractivity contribution in [3.8, 4) is 17.2 Å². The molecule has 0 fully saturated rings. The summed E-state index contributed by atoms with van der Waals surface area (Å²) in [7, 11) is 1.56. The van der Waals surface area contributed by atoms with Gasteiger partial charge in [0, 0.05) is 17.5 Å². The van der Waals surface area contributed by atoms with Gasteiger partial charge in [-0.15, -0.1) is 10.2 Å². The molecule has 0 spiro atoms. The maximum absolute atomic E-state index is 13.0. The molecule has 0 atom stereocenters. The molecule has 0 aromatic carbocycles. The number of pyridine rings is 3. The summed E-state index contributed by atoms with van der Waals surface area (Å²) in [5.41, 5.74) is 2.55. The molecule has 0 aliphatic heterocycles. The summed E-state index contributed by atoms with van der Waals surface area (Å²) < 4.78 is 12.7. The first-order valence-corrected chi connectivity index (χ1v) is 9.14. The van der Waals surface area contributed by atoms with Gasteiger partial charge in [-0.25, -0.2) is 0 Å². The minimum atomic E-state index is -0.113. The van der Waals surface area contributed by atoms with Crippen molar-refractivity contribution < 1.29 is 14.3 Å². The predicted octanol–water partition coefficient (Wildman–Crippen LogP) is 3.31. The van der Waals surface area contributed by atoms with Gasteiger partial charge in [-0.05, 0) is 24.6 Å². The molecule has 0 aliphatic carbocycles. The molecule has 4 aromatic heterocycles. The van der Waals surface area contributed by atoms with Crippen LogP contribution in [-0.4, -0.2) is 37.5 Å². The molecule has 0 saturated carbocycles. The second kappa shape index (κ2) is 8.05. The number of ether oxygens (including phenoxy) is 2. The standard InChI is InChI=1S/C21H19N5O3/c1-3-14-5-4-6-15(24-14)7-20(27)19-9-18(12-26-13-23-25-21(19)26)29-17-8-16(28-2)10-22-11-17/h4-6,8-13H,3,7H2,1-2H3. The number of fused-ring (bicyclic) bond motifs is 1. The monoisotopic (exact) mass is 389 g/mol. The number of aromatic nitrogens is 5. The molecule has 0 amide bonds. The van der Waals surface area contributed by atoms with Crippen LogP contribution in [0.1, 0.15) is 28.7 Å². The van der Waals surface area contributed by atoms with Crippen LogP contribution in [0.15, 0.2) is 55.2 Å². The normalized spacial score (nSPS) is 10.8. The number of methoxy groups -OCH3 is 1. The average molecular weight is 389 g/mol. The van der Waals surface area contributed by atoms with Crippen molar-refractivity contribution in [2.45, 2.75) is 19.8 Å². The number of carbonyl (C=O) groups is 1. The Hall–Kier alpha value is -3.81. The van der Waals surface area contributed by atoms with Crippen LogP contribution in [0.2, 0.25) is 0 Å². The van der Waals surface area contributed by atoms with Crippen molar-refractivity contribution >= 4 is 11.4 Å². The van der Waals surface area contributed by atoms with E-state index in [1.165, 1.54) is 6.33 Å². The first kappa shape index (κ1) is 18.5. The smallest absolute Gasteiger partial charge is 0.172 e. The highest BCUT2D eigenvalue weighted by Gasteiger charge is 2.17. The Morgan fingerprint density at radius 3 is 2.76 bits per heavy atom. The molecule has 8 nitrogen and oxygen atoms in total. The number of rotatable bonds is 7. The summed E-state index contributed by atoms with van der Waals surface area (Å²) in [6.45, 7) is 2.03. The molecule has 0 bridgehead atoms. The third-order valence-corrected chi connectivity index (χ3v) is 4.40. The van der Waals surface area contributed by atoms with Crippen LogP contribution < -0.4 is 9.47 Å². The molecule has 4 rings (SSSR count). The highest BCUT2D eigenvalue weighted by molar-refractivity contribution is 6.02. The van der Waals surface area contributed by atoms with E-state index in [-0.39, 0.29) is 12.2 Å². The maximum Gasteiger partial charge on any atom is 0.172 e. The van der Waals surface area contributed by atoms with Crippen LogP contribution in [0.3, 0.4) is 0 Å². The van der Waals surface area contributed by atoms with Crippen molar-refractivity contribution in [3.63, 3.8) is 0 Å².